The molecule has 1 aliphatic rings. The van der Waals surface area contributed by atoms with E-state index in [1.54, 1.807) is 48.5 Å². The van der Waals surface area contributed by atoms with E-state index in [4.69, 9.17) is 24.1 Å². The summed E-state index contributed by atoms with van der Waals surface area (Å²) in [5.41, 5.74) is 2.28. The van der Waals surface area contributed by atoms with Crippen molar-refractivity contribution in [2.75, 3.05) is 26.4 Å². The molecule has 8 nitrogen and oxygen atoms in total. The Morgan fingerprint density at radius 3 is 1.96 bits per heavy atom. The third kappa shape index (κ3) is 9.27. The number of Topliss-reactive ketones (excluding diaryl/α,β-unsaturated/α-hetero) is 1. The summed E-state index contributed by atoms with van der Waals surface area (Å²) in [7, 11) is 0. The average molecular weight is 663 g/mol. The number of hydrogen-bond donors (Lipinski definition) is 3. The zero-order valence-electron chi connectivity index (χ0n) is 27.7. The van der Waals surface area contributed by atoms with Gasteiger partial charge in [-0.2, -0.15) is 0 Å². The Bertz CT molecular complexity index is 1740. The summed E-state index contributed by atoms with van der Waals surface area (Å²) in [6.45, 7) is 4.24. The largest absolute Gasteiger partial charge is 0.508 e. The number of rotatable bonds is 16. The van der Waals surface area contributed by atoms with Crippen molar-refractivity contribution in [1.29, 1.82) is 0 Å². The molecule has 0 aliphatic heterocycles. The quantitative estimate of drug-likeness (QED) is 0.0824. The summed E-state index contributed by atoms with van der Waals surface area (Å²) in [4.78, 5) is 13.4. The van der Waals surface area contributed by atoms with Gasteiger partial charge in [-0.15, -0.1) is 0 Å². The molecule has 0 radical (unpaired) electrons. The molecule has 0 bridgehead atoms. The highest BCUT2D eigenvalue weighted by Gasteiger charge is 2.33. The fraction of sp³-hybridized carbons (Fsp3) is 0.244. The molecule has 5 rings (SSSR count). The van der Waals surface area contributed by atoms with Crippen molar-refractivity contribution in [3.8, 4) is 28.7 Å². The van der Waals surface area contributed by atoms with Crippen molar-refractivity contribution in [3.05, 3.63) is 150 Å². The lowest BCUT2D eigenvalue weighted by molar-refractivity contribution is 0.0501. The highest BCUT2D eigenvalue weighted by Crippen LogP contribution is 2.35. The number of phenolic OH excluding ortho intramolecular Hbond substituents is 1. The maximum absolute atomic E-state index is 13.4. The molecule has 8 heteroatoms. The Morgan fingerprint density at radius 2 is 1.39 bits per heavy atom. The van der Waals surface area contributed by atoms with E-state index in [0.717, 1.165) is 11.1 Å². The minimum atomic E-state index is -0.639. The number of benzene rings is 4. The van der Waals surface area contributed by atoms with Crippen LogP contribution in [0, 0.1) is 5.92 Å². The molecule has 4 aromatic carbocycles. The number of carbonyl (C=O) groups is 1. The predicted molar refractivity (Wildman–Crippen MR) is 188 cm³/mol. The SMILES string of the molecule is CC=CC(C)(Oc1ccc(OCCO)cc1)C1C=CC(C(=O)c2ccc(Oc3ccc(C(OCCO)c4ccc(O)cc4)cc3)cc2)=CC1. The number of aliphatic hydroxyl groups is 2. The second-order valence-corrected chi connectivity index (χ2v) is 11.8. The number of aromatic hydroxyl groups is 1. The van der Waals surface area contributed by atoms with Crippen molar-refractivity contribution >= 4 is 5.78 Å². The molecule has 3 atom stereocenters. The van der Waals surface area contributed by atoms with Gasteiger partial charge in [0.05, 0.1) is 19.8 Å². The fourth-order valence-electron chi connectivity index (χ4n) is 5.69. The van der Waals surface area contributed by atoms with Crippen LogP contribution in [-0.2, 0) is 4.74 Å². The van der Waals surface area contributed by atoms with Crippen LogP contribution in [0.4, 0.5) is 0 Å². The molecule has 0 aromatic heterocycles. The van der Waals surface area contributed by atoms with Crippen molar-refractivity contribution in [3.63, 3.8) is 0 Å². The first-order valence-electron chi connectivity index (χ1n) is 16.3. The topological polar surface area (TPSA) is 115 Å². The van der Waals surface area contributed by atoms with Gasteiger partial charge in [0.1, 0.15) is 47.1 Å². The molecular formula is C41H42O8. The minimum absolute atomic E-state index is 0.00494. The number of phenols is 1. The van der Waals surface area contributed by atoms with Crippen LogP contribution in [0.1, 0.15) is 47.9 Å². The molecule has 0 spiro atoms. The molecule has 0 fully saturated rings. The first kappa shape index (κ1) is 35.2. The van der Waals surface area contributed by atoms with Crippen LogP contribution in [0.3, 0.4) is 0 Å². The van der Waals surface area contributed by atoms with Gasteiger partial charge in [-0.1, -0.05) is 48.6 Å². The maximum atomic E-state index is 13.4. The van der Waals surface area contributed by atoms with Gasteiger partial charge < -0.3 is 34.3 Å². The monoisotopic (exact) mass is 662 g/mol. The van der Waals surface area contributed by atoms with E-state index in [2.05, 4.69) is 0 Å². The Morgan fingerprint density at radius 1 is 0.816 bits per heavy atom. The Balaban J connectivity index is 1.19. The molecule has 49 heavy (non-hydrogen) atoms. The summed E-state index contributed by atoms with van der Waals surface area (Å²) >= 11 is 0. The van der Waals surface area contributed by atoms with Crippen molar-refractivity contribution in [1.82, 2.24) is 0 Å². The molecule has 3 unspecified atom stereocenters. The zero-order valence-corrected chi connectivity index (χ0v) is 27.7. The van der Waals surface area contributed by atoms with E-state index in [9.17, 15) is 15.0 Å². The van der Waals surface area contributed by atoms with E-state index < -0.39 is 11.7 Å². The predicted octanol–water partition coefficient (Wildman–Crippen LogP) is 7.75. The number of carbonyl (C=O) groups excluding carboxylic acids is 1. The van der Waals surface area contributed by atoms with Gasteiger partial charge in [0.25, 0.3) is 0 Å². The van der Waals surface area contributed by atoms with Gasteiger partial charge in [0.2, 0.25) is 0 Å². The van der Waals surface area contributed by atoms with Gasteiger partial charge in [0.15, 0.2) is 5.78 Å². The number of hydrogen-bond acceptors (Lipinski definition) is 8. The highest BCUT2D eigenvalue weighted by atomic mass is 16.5. The molecule has 0 saturated heterocycles. The summed E-state index contributed by atoms with van der Waals surface area (Å²) in [5, 5.41) is 27.9. The average Bonchev–Trinajstić information content (AvgIpc) is 3.13. The third-order valence-electron chi connectivity index (χ3n) is 8.22. The molecule has 4 aromatic rings. The molecule has 0 saturated carbocycles. The van der Waals surface area contributed by atoms with Gasteiger partial charge in [0, 0.05) is 17.1 Å². The van der Waals surface area contributed by atoms with Crippen molar-refractivity contribution < 1.29 is 39.1 Å². The van der Waals surface area contributed by atoms with Crippen LogP contribution >= 0.6 is 0 Å². The normalized spacial score (nSPS) is 16.1. The Hall–Kier alpha value is -5.15. The smallest absolute Gasteiger partial charge is 0.192 e. The lowest BCUT2D eigenvalue weighted by Gasteiger charge is -2.35. The number of aliphatic hydroxyl groups excluding tert-OH is 2. The number of allylic oxidation sites excluding steroid dienone is 4. The second-order valence-electron chi connectivity index (χ2n) is 11.8. The molecule has 254 valence electrons. The third-order valence-corrected chi connectivity index (χ3v) is 8.22. The minimum Gasteiger partial charge on any atom is -0.508 e. The molecular weight excluding hydrogens is 620 g/mol. The van der Waals surface area contributed by atoms with E-state index in [0.29, 0.717) is 40.6 Å². The number of ether oxygens (including phenoxy) is 4. The molecule has 3 N–H and O–H groups in total. The summed E-state index contributed by atoms with van der Waals surface area (Å²) < 4.78 is 23.8. The van der Waals surface area contributed by atoms with E-state index in [1.165, 1.54) is 0 Å². The first-order valence-corrected chi connectivity index (χ1v) is 16.3. The van der Waals surface area contributed by atoms with Crippen molar-refractivity contribution in [2.24, 2.45) is 5.92 Å². The zero-order chi connectivity index (χ0) is 34.6. The van der Waals surface area contributed by atoms with Gasteiger partial charge in [-0.05, 0) is 110 Å². The Labute approximate surface area is 287 Å². The lowest BCUT2D eigenvalue weighted by atomic mass is 9.81. The highest BCUT2D eigenvalue weighted by molar-refractivity contribution is 6.10. The van der Waals surface area contributed by atoms with E-state index in [1.807, 2.05) is 92.8 Å². The van der Waals surface area contributed by atoms with Crippen LogP contribution in [0.15, 0.2) is 133 Å². The summed E-state index contributed by atoms with van der Waals surface area (Å²) in [6.07, 6.45) is 10.1. The van der Waals surface area contributed by atoms with Gasteiger partial charge >= 0.3 is 0 Å². The van der Waals surface area contributed by atoms with Crippen LogP contribution in [0.5, 0.6) is 28.7 Å². The standard InChI is InChI=1S/C41H42O8/c1-3-24-41(2,49-38-22-20-35(21-23-38)46-27-25-42)33-12-4-29(5-13-33)39(45)30-8-16-36(17-9-30)48-37-18-10-32(11-19-37)40(47-28-26-43)31-6-14-34(44)15-7-31/h3-12,14-24,33,40,42-44H,13,25-28H2,1-2H3. The Kier molecular flexibility index (Phi) is 12.1. The van der Waals surface area contributed by atoms with E-state index in [-0.39, 0.29) is 43.9 Å². The molecule has 0 amide bonds. The lowest BCUT2D eigenvalue weighted by Crippen LogP contribution is -2.38. The second kappa shape index (κ2) is 16.8. The summed E-state index contributed by atoms with van der Waals surface area (Å²) in [6, 6.07) is 28.7. The summed E-state index contributed by atoms with van der Waals surface area (Å²) in [5.74, 6) is 2.67. The maximum Gasteiger partial charge on any atom is 0.192 e. The van der Waals surface area contributed by atoms with Gasteiger partial charge in [-0.25, -0.2) is 0 Å². The molecule has 0 heterocycles. The van der Waals surface area contributed by atoms with Gasteiger partial charge in [-0.3, -0.25) is 4.79 Å². The van der Waals surface area contributed by atoms with E-state index >= 15 is 0 Å². The van der Waals surface area contributed by atoms with Crippen LogP contribution in [0.25, 0.3) is 0 Å². The molecule has 1 aliphatic carbocycles. The first-order chi connectivity index (χ1) is 23.8. The van der Waals surface area contributed by atoms with Crippen LogP contribution in [0.2, 0.25) is 0 Å². The van der Waals surface area contributed by atoms with Crippen molar-refractivity contribution in [2.45, 2.75) is 32.0 Å². The van der Waals surface area contributed by atoms with Crippen LogP contribution in [-0.4, -0.2) is 53.1 Å². The van der Waals surface area contributed by atoms with Crippen LogP contribution < -0.4 is 14.2 Å². The fourth-order valence-corrected chi connectivity index (χ4v) is 5.69. The number of ketones is 1.